The molecule has 1 N–H and O–H groups in total. The molecule has 100 valence electrons. The number of carboxylic acids is 1. The Morgan fingerprint density at radius 2 is 2.29 bits per heavy atom. The van der Waals surface area contributed by atoms with E-state index in [-0.39, 0.29) is 12.0 Å². The quantitative estimate of drug-likeness (QED) is 0.786. The number of nitrogens with zero attached hydrogens (tertiary/aromatic N) is 1. The molecule has 1 aliphatic heterocycles. The van der Waals surface area contributed by atoms with Gasteiger partial charge in [-0.1, -0.05) is 13.8 Å². The molecule has 1 heterocycles. The molecular weight excluding hydrogens is 238 g/mol. The molecule has 1 aliphatic rings. The van der Waals surface area contributed by atoms with Gasteiger partial charge in [-0.3, -0.25) is 9.69 Å². The maximum atomic E-state index is 10.9. The molecule has 4 nitrogen and oxygen atoms in total. The molecule has 1 unspecified atom stereocenters. The molecule has 1 rings (SSSR count). The second-order valence-electron chi connectivity index (χ2n) is 5.19. The van der Waals surface area contributed by atoms with Crippen molar-refractivity contribution in [3.63, 3.8) is 0 Å². The van der Waals surface area contributed by atoms with E-state index in [1.165, 1.54) is 5.75 Å². The summed E-state index contributed by atoms with van der Waals surface area (Å²) in [6, 6.07) is 0.326. The fourth-order valence-electron chi connectivity index (χ4n) is 2.25. The summed E-state index contributed by atoms with van der Waals surface area (Å²) >= 11 is 1.92. The van der Waals surface area contributed by atoms with Crippen molar-refractivity contribution in [2.45, 2.75) is 26.3 Å². The van der Waals surface area contributed by atoms with E-state index in [2.05, 4.69) is 18.7 Å². The lowest BCUT2D eigenvalue weighted by Gasteiger charge is -2.44. The minimum atomic E-state index is -0.757. The van der Waals surface area contributed by atoms with Gasteiger partial charge in [0.15, 0.2) is 0 Å². The fraction of sp³-hybridized carbons (Fsp3) is 0.917. The summed E-state index contributed by atoms with van der Waals surface area (Å²) in [5.41, 5.74) is 0.189. The zero-order chi connectivity index (χ0) is 12.9. The molecule has 17 heavy (non-hydrogen) atoms. The van der Waals surface area contributed by atoms with Crippen molar-refractivity contribution in [3.05, 3.63) is 0 Å². The van der Waals surface area contributed by atoms with E-state index in [0.717, 1.165) is 12.2 Å². The monoisotopic (exact) mass is 261 g/mol. The molecule has 0 saturated carbocycles. The first-order chi connectivity index (χ1) is 7.97. The highest BCUT2D eigenvalue weighted by atomic mass is 32.2. The average Bonchev–Trinajstić information content (AvgIpc) is 2.23. The van der Waals surface area contributed by atoms with Crippen LogP contribution in [-0.4, -0.2) is 60.3 Å². The van der Waals surface area contributed by atoms with Crippen LogP contribution in [0.15, 0.2) is 0 Å². The minimum absolute atomic E-state index is 0.109. The molecule has 1 atom stereocenters. The van der Waals surface area contributed by atoms with Crippen molar-refractivity contribution >= 4 is 17.7 Å². The Kier molecular flexibility index (Phi) is 5.76. The average molecular weight is 261 g/mol. The zero-order valence-electron chi connectivity index (χ0n) is 10.9. The molecule has 1 fully saturated rings. The van der Waals surface area contributed by atoms with Crippen molar-refractivity contribution in [2.24, 2.45) is 5.41 Å². The third-order valence-electron chi connectivity index (χ3n) is 3.43. The van der Waals surface area contributed by atoms with Crippen molar-refractivity contribution in [1.29, 1.82) is 0 Å². The molecule has 1 saturated heterocycles. The first-order valence-electron chi connectivity index (χ1n) is 6.00. The van der Waals surface area contributed by atoms with Crippen LogP contribution in [-0.2, 0) is 9.53 Å². The van der Waals surface area contributed by atoms with E-state index in [9.17, 15) is 4.79 Å². The van der Waals surface area contributed by atoms with Crippen LogP contribution in [0.25, 0.3) is 0 Å². The molecule has 0 bridgehead atoms. The molecule has 5 heteroatoms. The van der Waals surface area contributed by atoms with E-state index in [0.29, 0.717) is 19.2 Å². The van der Waals surface area contributed by atoms with Gasteiger partial charge in [-0.15, -0.1) is 0 Å². The van der Waals surface area contributed by atoms with Gasteiger partial charge in [0.2, 0.25) is 0 Å². The summed E-state index contributed by atoms with van der Waals surface area (Å²) in [6.07, 6.45) is 1.14. The number of ether oxygens (including phenoxy) is 1. The molecule has 0 aromatic heterocycles. The van der Waals surface area contributed by atoms with Crippen LogP contribution in [0, 0.1) is 5.41 Å². The largest absolute Gasteiger partial charge is 0.480 e. The third-order valence-corrected chi connectivity index (χ3v) is 4.47. The van der Waals surface area contributed by atoms with Gasteiger partial charge < -0.3 is 9.84 Å². The van der Waals surface area contributed by atoms with E-state index < -0.39 is 5.97 Å². The van der Waals surface area contributed by atoms with Gasteiger partial charge in [0, 0.05) is 25.4 Å². The summed E-state index contributed by atoms with van der Waals surface area (Å²) in [4.78, 5) is 13.0. The number of thioether (sulfide) groups is 1. The number of carbonyl (C=O) groups is 1. The lowest BCUT2D eigenvalue weighted by molar-refractivity contribution is -0.139. The van der Waals surface area contributed by atoms with E-state index in [1.54, 1.807) is 7.11 Å². The predicted octanol–water partition coefficient (Wildman–Crippen LogP) is 1.55. The Hall–Kier alpha value is -0.260. The maximum absolute atomic E-state index is 10.9. The van der Waals surface area contributed by atoms with E-state index in [1.807, 2.05) is 11.8 Å². The highest BCUT2D eigenvalue weighted by molar-refractivity contribution is 7.99. The van der Waals surface area contributed by atoms with Gasteiger partial charge in [-0.05, 0) is 17.6 Å². The first kappa shape index (κ1) is 14.8. The second-order valence-corrected chi connectivity index (χ2v) is 6.34. The van der Waals surface area contributed by atoms with Crippen molar-refractivity contribution in [1.82, 2.24) is 4.90 Å². The molecule has 0 aromatic rings. The Morgan fingerprint density at radius 3 is 2.82 bits per heavy atom. The lowest BCUT2D eigenvalue weighted by Crippen LogP contribution is -2.52. The number of hydrogen-bond donors (Lipinski definition) is 1. The highest BCUT2D eigenvalue weighted by Gasteiger charge is 2.37. The molecule has 0 spiro atoms. The normalized spacial score (nSPS) is 23.9. The van der Waals surface area contributed by atoms with E-state index >= 15 is 0 Å². The Balaban J connectivity index is 2.68. The molecule has 0 radical (unpaired) electrons. The van der Waals surface area contributed by atoms with Crippen LogP contribution in [0.2, 0.25) is 0 Å². The number of aliphatic carboxylic acids is 1. The number of methoxy groups -OCH3 is 1. The summed E-state index contributed by atoms with van der Waals surface area (Å²) in [5.74, 6) is 1.44. The molecule has 0 aromatic carbocycles. The van der Waals surface area contributed by atoms with Gasteiger partial charge in [0.25, 0.3) is 0 Å². The van der Waals surface area contributed by atoms with Crippen molar-refractivity contribution < 1.29 is 14.6 Å². The predicted molar refractivity (Wildman–Crippen MR) is 70.6 cm³/mol. The van der Waals surface area contributed by atoms with Crippen LogP contribution < -0.4 is 0 Å². The van der Waals surface area contributed by atoms with Gasteiger partial charge >= 0.3 is 5.97 Å². The summed E-state index contributed by atoms with van der Waals surface area (Å²) in [7, 11) is 1.65. The molecule has 0 aliphatic carbocycles. The van der Waals surface area contributed by atoms with Crippen molar-refractivity contribution in [3.8, 4) is 0 Å². The summed E-state index contributed by atoms with van der Waals surface area (Å²) < 4.78 is 5.07. The smallest absolute Gasteiger partial charge is 0.317 e. The van der Waals surface area contributed by atoms with E-state index in [4.69, 9.17) is 9.84 Å². The topological polar surface area (TPSA) is 49.8 Å². The van der Waals surface area contributed by atoms with Gasteiger partial charge in [-0.25, -0.2) is 0 Å². The summed E-state index contributed by atoms with van der Waals surface area (Å²) in [6.45, 7) is 5.86. The van der Waals surface area contributed by atoms with Crippen LogP contribution >= 0.6 is 11.8 Å². The van der Waals surface area contributed by atoms with Gasteiger partial charge in [-0.2, -0.15) is 11.8 Å². The van der Waals surface area contributed by atoms with Crippen LogP contribution in [0.4, 0.5) is 0 Å². The van der Waals surface area contributed by atoms with Crippen LogP contribution in [0.1, 0.15) is 20.3 Å². The maximum Gasteiger partial charge on any atom is 0.317 e. The Morgan fingerprint density at radius 1 is 1.59 bits per heavy atom. The SMILES string of the molecule is COCCN(CC(=O)O)C1CSCCC1(C)C. The first-order valence-corrected chi connectivity index (χ1v) is 7.15. The molecular formula is C12H23NO3S. The Bertz CT molecular complexity index is 258. The van der Waals surface area contributed by atoms with Gasteiger partial charge in [0.1, 0.15) is 0 Å². The Labute approximate surface area is 108 Å². The number of carboxylic acid groups (broad SMARTS) is 1. The zero-order valence-corrected chi connectivity index (χ0v) is 11.8. The summed E-state index contributed by atoms with van der Waals surface area (Å²) in [5, 5.41) is 8.99. The highest BCUT2D eigenvalue weighted by Crippen LogP contribution is 2.37. The second kappa shape index (κ2) is 6.61. The van der Waals surface area contributed by atoms with Crippen LogP contribution in [0.5, 0.6) is 0 Å². The standard InChI is InChI=1S/C12H23NO3S/c1-12(2)4-7-17-9-10(12)13(5-6-16-3)8-11(14)15/h10H,4-9H2,1-3H3,(H,14,15). The lowest BCUT2D eigenvalue weighted by atomic mass is 9.81. The number of rotatable bonds is 6. The van der Waals surface area contributed by atoms with Crippen LogP contribution in [0.3, 0.4) is 0 Å². The minimum Gasteiger partial charge on any atom is -0.480 e. The number of hydrogen-bond acceptors (Lipinski definition) is 4. The fourth-order valence-corrected chi connectivity index (χ4v) is 3.97. The van der Waals surface area contributed by atoms with Crippen molar-refractivity contribution in [2.75, 3.05) is 38.3 Å². The van der Waals surface area contributed by atoms with Gasteiger partial charge in [0.05, 0.1) is 13.2 Å². The molecule has 0 amide bonds. The third kappa shape index (κ3) is 4.48.